The highest BCUT2D eigenvalue weighted by Crippen LogP contribution is 2.19. The van der Waals surface area contributed by atoms with Gasteiger partial charge in [-0.3, -0.25) is 0 Å². The zero-order valence-corrected chi connectivity index (χ0v) is 11.5. The molecule has 15 heavy (non-hydrogen) atoms. The minimum atomic E-state index is 0.659. The van der Waals surface area contributed by atoms with Gasteiger partial charge in [-0.05, 0) is 31.3 Å². The van der Waals surface area contributed by atoms with Crippen molar-refractivity contribution in [3.8, 4) is 0 Å². The summed E-state index contributed by atoms with van der Waals surface area (Å²) in [5.41, 5.74) is 2.75. The molecular weight excluding hydrogens is 250 g/mol. The van der Waals surface area contributed by atoms with Crippen molar-refractivity contribution in [2.75, 3.05) is 17.6 Å². The minimum Gasteiger partial charge on any atom is -0.126 e. The van der Waals surface area contributed by atoms with Crippen LogP contribution in [0.2, 0.25) is 0 Å². The van der Waals surface area contributed by atoms with Crippen molar-refractivity contribution in [2.45, 2.75) is 32.6 Å². The van der Waals surface area contributed by atoms with Crippen LogP contribution in [0.25, 0.3) is 0 Å². The maximum atomic E-state index is 5.78. The van der Waals surface area contributed by atoms with E-state index in [1.807, 2.05) is 0 Å². The Morgan fingerprint density at radius 3 is 2.13 bits per heavy atom. The molecule has 0 radical (unpaired) electrons. The molecule has 3 heteroatoms. The summed E-state index contributed by atoms with van der Waals surface area (Å²) in [4.78, 5) is 0. The lowest BCUT2D eigenvalue weighted by Gasteiger charge is -2.08. The predicted octanol–water partition coefficient (Wildman–Crippen LogP) is 5.14. The number of allylic oxidation sites excluding steroid dienone is 4. The van der Waals surface area contributed by atoms with Gasteiger partial charge in [0.1, 0.15) is 0 Å². The molecule has 0 amide bonds. The molecule has 0 aromatic carbocycles. The van der Waals surface area contributed by atoms with Crippen molar-refractivity contribution in [2.24, 2.45) is 0 Å². The Balaban J connectivity index is 4.55. The molecule has 88 valence electrons. The summed E-state index contributed by atoms with van der Waals surface area (Å²) in [5, 5.41) is 0. The van der Waals surface area contributed by atoms with E-state index in [1.165, 1.54) is 11.1 Å². The smallest absolute Gasteiger partial charge is 0.0263 e. The van der Waals surface area contributed by atoms with Crippen LogP contribution < -0.4 is 0 Å². The van der Waals surface area contributed by atoms with Gasteiger partial charge < -0.3 is 0 Å². The molecule has 0 saturated heterocycles. The molecule has 0 nitrogen and oxygen atoms in total. The van der Waals surface area contributed by atoms with Crippen molar-refractivity contribution < 1.29 is 0 Å². The summed E-state index contributed by atoms with van der Waals surface area (Å²) < 4.78 is 0. The van der Waals surface area contributed by atoms with E-state index in [9.17, 15) is 0 Å². The molecule has 0 fully saturated rings. The fourth-order valence-corrected chi connectivity index (χ4v) is 2.00. The van der Waals surface area contributed by atoms with Gasteiger partial charge in [0.05, 0.1) is 0 Å². The summed E-state index contributed by atoms with van der Waals surface area (Å²) in [7, 11) is 0. The van der Waals surface area contributed by atoms with Gasteiger partial charge in [0.2, 0.25) is 0 Å². The van der Waals surface area contributed by atoms with Crippen LogP contribution in [0, 0.1) is 0 Å². The molecule has 0 aromatic heterocycles. The third-order valence-electron chi connectivity index (χ3n) is 2.24. The van der Waals surface area contributed by atoms with E-state index in [-0.39, 0.29) is 0 Å². The molecule has 0 aliphatic rings. The van der Waals surface area contributed by atoms with Crippen LogP contribution in [0.15, 0.2) is 23.3 Å². The monoisotopic (exact) mass is 268 g/mol. The number of hydrogen-bond acceptors (Lipinski definition) is 0. The average molecular weight is 270 g/mol. The van der Waals surface area contributed by atoms with E-state index in [0.29, 0.717) is 17.6 Å². The van der Waals surface area contributed by atoms with E-state index in [0.717, 1.165) is 25.7 Å². The van der Waals surface area contributed by atoms with Crippen molar-refractivity contribution >= 4 is 34.8 Å². The molecule has 0 N–H and O–H groups in total. The topological polar surface area (TPSA) is 0 Å². The Hall–Kier alpha value is 0.350. The first-order valence-electron chi connectivity index (χ1n) is 5.35. The summed E-state index contributed by atoms with van der Waals surface area (Å²) in [6.07, 6.45) is 8.08. The van der Waals surface area contributed by atoms with Crippen LogP contribution >= 0.6 is 34.8 Å². The molecule has 0 rings (SSSR count). The largest absolute Gasteiger partial charge is 0.126 e. The van der Waals surface area contributed by atoms with E-state index in [4.69, 9.17) is 34.8 Å². The second-order valence-electron chi connectivity index (χ2n) is 3.24. The lowest BCUT2D eigenvalue weighted by atomic mass is 10.0. The fraction of sp³-hybridized carbons (Fsp3) is 0.667. The molecule has 0 spiro atoms. The average Bonchev–Trinajstić information content (AvgIpc) is 2.25. The van der Waals surface area contributed by atoms with Crippen LogP contribution in [0.4, 0.5) is 0 Å². The zero-order chi connectivity index (χ0) is 11.5. The molecule has 0 aliphatic heterocycles. The van der Waals surface area contributed by atoms with Crippen LogP contribution in [-0.2, 0) is 0 Å². The van der Waals surface area contributed by atoms with E-state index in [1.54, 1.807) is 0 Å². The highest BCUT2D eigenvalue weighted by Gasteiger charge is 2.01. The third kappa shape index (κ3) is 7.27. The van der Waals surface area contributed by atoms with Crippen molar-refractivity contribution in [3.63, 3.8) is 0 Å². The number of hydrogen-bond donors (Lipinski definition) is 0. The maximum Gasteiger partial charge on any atom is 0.0263 e. The van der Waals surface area contributed by atoms with Crippen molar-refractivity contribution in [3.05, 3.63) is 23.3 Å². The Labute approximate surface area is 108 Å². The van der Waals surface area contributed by atoms with Gasteiger partial charge in [0, 0.05) is 17.6 Å². The van der Waals surface area contributed by atoms with Gasteiger partial charge in [-0.1, -0.05) is 24.6 Å². The van der Waals surface area contributed by atoms with Crippen LogP contribution in [0.5, 0.6) is 0 Å². The minimum absolute atomic E-state index is 0.659. The van der Waals surface area contributed by atoms with Gasteiger partial charge in [-0.2, -0.15) is 0 Å². The summed E-state index contributed by atoms with van der Waals surface area (Å²) in [6, 6.07) is 0. The standard InChI is InChI=1S/C12H19Cl3/c1-2-11(6-9-14)12(7-10-15)5-3-4-8-13/h3,5H,2,4,6-10H2,1H3. The summed E-state index contributed by atoms with van der Waals surface area (Å²) >= 11 is 17.2. The lowest BCUT2D eigenvalue weighted by Crippen LogP contribution is -1.92. The second-order valence-corrected chi connectivity index (χ2v) is 4.37. The Bertz CT molecular complexity index is 207. The van der Waals surface area contributed by atoms with Crippen LogP contribution in [0.3, 0.4) is 0 Å². The number of halogens is 3. The zero-order valence-electron chi connectivity index (χ0n) is 9.24. The molecule has 0 aliphatic carbocycles. The van der Waals surface area contributed by atoms with E-state index >= 15 is 0 Å². The SMILES string of the molecule is CCC(CCCl)=C(C=CCCCl)CCCl. The molecular formula is C12H19Cl3. The first-order valence-corrected chi connectivity index (χ1v) is 6.95. The van der Waals surface area contributed by atoms with Crippen LogP contribution in [-0.4, -0.2) is 17.6 Å². The number of alkyl halides is 3. The highest BCUT2D eigenvalue weighted by atomic mass is 35.5. The second kappa shape index (κ2) is 10.9. The van der Waals surface area contributed by atoms with Crippen LogP contribution in [0.1, 0.15) is 32.6 Å². The predicted molar refractivity (Wildman–Crippen MR) is 72.5 cm³/mol. The quantitative estimate of drug-likeness (QED) is 0.423. The van der Waals surface area contributed by atoms with E-state index in [2.05, 4.69) is 19.1 Å². The Morgan fingerprint density at radius 2 is 1.67 bits per heavy atom. The maximum absolute atomic E-state index is 5.78. The number of rotatable bonds is 8. The molecule has 0 saturated carbocycles. The highest BCUT2D eigenvalue weighted by molar-refractivity contribution is 6.18. The molecule has 0 heterocycles. The van der Waals surface area contributed by atoms with Crippen molar-refractivity contribution in [1.29, 1.82) is 0 Å². The summed E-state index contributed by atoms with van der Waals surface area (Å²) in [6.45, 7) is 2.16. The van der Waals surface area contributed by atoms with Crippen molar-refractivity contribution in [1.82, 2.24) is 0 Å². The molecule has 0 bridgehead atoms. The van der Waals surface area contributed by atoms with Gasteiger partial charge in [0.15, 0.2) is 0 Å². The summed E-state index contributed by atoms with van der Waals surface area (Å²) in [5.74, 6) is 2.01. The van der Waals surface area contributed by atoms with Gasteiger partial charge in [0.25, 0.3) is 0 Å². The molecule has 0 unspecified atom stereocenters. The molecule has 0 atom stereocenters. The first kappa shape index (κ1) is 15.3. The first-order chi connectivity index (χ1) is 7.29. The fourth-order valence-electron chi connectivity index (χ4n) is 1.45. The lowest BCUT2D eigenvalue weighted by molar-refractivity contribution is 0.933. The normalized spacial score (nSPS) is 13.3. The van der Waals surface area contributed by atoms with Gasteiger partial charge in [-0.25, -0.2) is 0 Å². The van der Waals surface area contributed by atoms with Gasteiger partial charge in [-0.15, -0.1) is 34.8 Å². The Kier molecular flexibility index (Phi) is 11.1. The third-order valence-corrected chi connectivity index (χ3v) is 2.83. The Morgan fingerprint density at radius 1 is 1.00 bits per heavy atom. The molecule has 0 aromatic rings. The van der Waals surface area contributed by atoms with Gasteiger partial charge >= 0.3 is 0 Å². The van der Waals surface area contributed by atoms with E-state index < -0.39 is 0 Å².